The van der Waals surface area contributed by atoms with Crippen LogP contribution in [-0.4, -0.2) is 19.3 Å². The number of anilines is 1. The van der Waals surface area contributed by atoms with E-state index in [-0.39, 0.29) is 18.2 Å². The molecule has 0 radical (unpaired) electrons. The van der Waals surface area contributed by atoms with Gasteiger partial charge in [0.05, 0.1) is 14.2 Å². The van der Waals surface area contributed by atoms with Crippen LogP contribution in [0.4, 0.5) is 5.69 Å². The Balaban J connectivity index is 0.00000144. The van der Waals surface area contributed by atoms with Gasteiger partial charge in [0.25, 0.3) is 0 Å². The molecule has 0 atom stereocenters. The van der Waals surface area contributed by atoms with Crippen molar-refractivity contribution in [3.63, 3.8) is 0 Å². The molecule has 0 saturated heterocycles. The van der Waals surface area contributed by atoms with Gasteiger partial charge in [0.15, 0.2) is 11.5 Å². The number of benzene rings is 1. The minimum Gasteiger partial charge on any atom is -0.502 e. The predicted octanol–water partition coefficient (Wildman–Crippen LogP) is 1.41. The standard InChI is InChI=1S/C8H11NO3.ClH/c1-11-6-3-5(9)4-7(12-2)8(6)10;/h3-4,10H,9H2,1-2H3;1H. The van der Waals surface area contributed by atoms with Crippen LogP contribution in [0, 0.1) is 0 Å². The first-order chi connectivity index (χ1) is 5.69. The summed E-state index contributed by atoms with van der Waals surface area (Å²) in [7, 11) is 2.90. The lowest BCUT2D eigenvalue weighted by Crippen LogP contribution is -1.92. The van der Waals surface area contributed by atoms with Gasteiger partial charge in [0.2, 0.25) is 5.75 Å². The Morgan fingerprint density at radius 1 is 1.15 bits per heavy atom. The van der Waals surface area contributed by atoms with Crippen molar-refractivity contribution in [2.45, 2.75) is 0 Å². The van der Waals surface area contributed by atoms with Crippen LogP contribution in [0.5, 0.6) is 17.2 Å². The highest BCUT2D eigenvalue weighted by Gasteiger charge is 2.08. The van der Waals surface area contributed by atoms with Crippen molar-refractivity contribution in [3.8, 4) is 17.2 Å². The van der Waals surface area contributed by atoms with E-state index in [0.717, 1.165) is 0 Å². The Kier molecular flexibility index (Phi) is 4.20. The van der Waals surface area contributed by atoms with E-state index < -0.39 is 0 Å². The van der Waals surface area contributed by atoms with Crippen LogP contribution in [0.25, 0.3) is 0 Å². The van der Waals surface area contributed by atoms with Crippen molar-refractivity contribution in [1.82, 2.24) is 0 Å². The normalized spacial score (nSPS) is 8.77. The van der Waals surface area contributed by atoms with Gasteiger partial charge in [-0.1, -0.05) is 0 Å². The van der Waals surface area contributed by atoms with E-state index in [4.69, 9.17) is 15.2 Å². The summed E-state index contributed by atoms with van der Waals surface area (Å²) >= 11 is 0. The van der Waals surface area contributed by atoms with E-state index in [2.05, 4.69) is 0 Å². The number of phenolic OH excluding ortho intramolecular Hbond substituents is 1. The summed E-state index contributed by atoms with van der Waals surface area (Å²) in [5.74, 6) is 0.591. The van der Waals surface area contributed by atoms with Gasteiger partial charge in [0.1, 0.15) is 0 Å². The SMILES string of the molecule is COc1cc(N)cc(OC)c1O.Cl. The van der Waals surface area contributed by atoms with Crippen LogP contribution in [-0.2, 0) is 0 Å². The molecule has 13 heavy (non-hydrogen) atoms. The third-order valence-corrected chi connectivity index (χ3v) is 1.50. The third-order valence-electron chi connectivity index (χ3n) is 1.50. The van der Waals surface area contributed by atoms with Gasteiger partial charge in [0, 0.05) is 17.8 Å². The Hall–Kier alpha value is -1.29. The number of halogens is 1. The van der Waals surface area contributed by atoms with Gasteiger partial charge in [-0.2, -0.15) is 0 Å². The summed E-state index contributed by atoms with van der Waals surface area (Å²) in [6.07, 6.45) is 0. The Morgan fingerprint density at radius 3 is 1.85 bits per heavy atom. The van der Waals surface area contributed by atoms with Crippen LogP contribution in [0.3, 0.4) is 0 Å². The van der Waals surface area contributed by atoms with Gasteiger partial charge in [-0.3, -0.25) is 0 Å². The lowest BCUT2D eigenvalue weighted by atomic mass is 10.2. The summed E-state index contributed by atoms with van der Waals surface area (Å²) in [4.78, 5) is 0. The number of methoxy groups -OCH3 is 2. The van der Waals surface area contributed by atoms with E-state index in [0.29, 0.717) is 17.2 Å². The third kappa shape index (κ3) is 2.32. The fourth-order valence-corrected chi connectivity index (χ4v) is 0.914. The van der Waals surface area contributed by atoms with Crippen LogP contribution < -0.4 is 15.2 Å². The molecule has 0 spiro atoms. The average molecular weight is 206 g/mol. The molecular formula is C8H12ClNO3. The first kappa shape index (κ1) is 11.7. The van der Waals surface area contributed by atoms with Crippen LogP contribution in [0.15, 0.2) is 12.1 Å². The fraction of sp³-hybridized carbons (Fsp3) is 0.250. The summed E-state index contributed by atoms with van der Waals surface area (Å²) in [6, 6.07) is 3.05. The molecular weight excluding hydrogens is 194 g/mol. The number of rotatable bonds is 2. The maximum absolute atomic E-state index is 9.41. The van der Waals surface area contributed by atoms with Crippen molar-refractivity contribution in [2.75, 3.05) is 20.0 Å². The molecule has 4 nitrogen and oxygen atoms in total. The Bertz CT molecular complexity index is 266. The molecule has 3 N–H and O–H groups in total. The molecule has 0 bridgehead atoms. The zero-order chi connectivity index (χ0) is 9.14. The molecule has 74 valence electrons. The summed E-state index contributed by atoms with van der Waals surface area (Å²) < 4.78 is 9.72. The number of ether oxygens (including phenoxy) is 2. The van der Waals surface area contributed by atoms with Crippen molar-refractivity contribution in [2.24, 2.45) is 0 Å². The molecule has 0 heterocycles. The molecule has 0 aromatic heterocycles. The lowest BCUT2D eigenvalue weighted by molar-refractivity contribution is 0.340. The topological polar surface area (TPSA) is 64.7 Å². The van der Waals surface area contributed by atoms with Gasteiger partial charge in [-0.25, -0.2) is 0 Å². The summed E-state index contributed by atoms with van der Waals surface area (Å²) in [5, 5.41) is 9.41. The van der Waals surface area contributed by atoms with Gasteiger partial charge >= 0.3 is 0 Å². The number of nitrogens with two attached hydrogens (primary N) is 1. The molecule has 0 aliphatic carbocycles. The maximum atomic E-state index is 9.41. The van der Waals surface area contributed by atoms with E-state index >= 15 is 0 Å². The first-order valence-corrected chi connectivity index (χ1v) is 3.39. The van der Waals surface area contributed by atoms with Crippen LogP contribution in [0.1, 0.15) is 0 Å². The highest BCUT2D eigenvalue weighted by Crippen LogP contribution is 2.37. The predicted molar refractivity (Wildman–Crippen MR) is 52.9 cm³/mol. The number of phenols is 1. The quantitative estimate of drug-likeness (QED) is 0.566. The van der Waals surface area contributed by atoms with E-state index in [1.165, 1.54) is 26.4 Å². The maximum Gasteiger partial charge on any atom is 0.200 e. The zero-order valence-electron chi connectivity index (χ0n) is 7.40. The molecule has 0 amide bonds. The van der Waals surface area contributed by atoms with Crippen LogP contribution in [0.2, 0.25) is 0 Å². The van der Waals surface area contributed by atoms with Gasteiger partial charge in [-0.05, 0) is 0 Å². The molecule has 0 aliphatic rings. The van der Waals surface area contributed by atoms with E-state index in [1.54, 1.807) is 0 Å². The largest absolute Gasteiger partial charge is 0.502 e. The molecule has 1 aromatic carbocycles. The molecule has 0 aliphatic heterocycles. The molecule has 5 heteroatoms. The second-order valence-corrected chi connectivity index (χ2v) is 2.27. The Labute approximate surface area is 82.7 Å². The lowest BCUT2D eigenvalue weighted by Gasteiger charge is -2.08. The fourth-order valence-electron chi connectivity index (χ4n) is 0.914. The van der Waals surface area contributed by atoms with Crippen molar-refractivity contribution in [1.29, 1.82) is 0 Å². The molecule has 1 aromatic rings. The number of nitrogen functional groups attached to an aromatic ring is 1. The van der Waals surface area contributed by atoms with Crippen molar-refractivity contribution in [3.05, 3.63) is 12.1 Å². The summed E-state index contributed by atoms with van der Waals surface area (Å²) in [6.45, 7) is 0. The zero-order valence-corrected chi connectivity index (χ0v) is 8.22. The smallest absolute Gasteiger partial charge is 0.200 e. The van der Waals surface area contributed by atoms with Crippen molar-refractivity contribution >= 4 is 18.1 Å². The molecule has 0 saturated carbocycles. The highest BCUT2D eigenvalue weighted by atomic mass is 35.5. The average Bonchev–Trinajstić information content (AvgIpc) is 2.08. The number of hydrogen-bond acceptors (Lipinski definition) is 4. The highest BCUT2D eigenvalue weighted by molar-refractivity contribution is 5.85. The number of hydrogen-bond donors (Lipinski definition) is 2. The molecule has 0 unspecified atom stereocenters. The van der Waals surface area contributed by atoms with E-state index in [9.17, 15) is 5.11 Å². The monoisotopic (exact) mass is 205 g/mol. The van der Waals surface area contributed by atoms with Crippen LogP contribution >= 0.6 is 12.4 Å². The Morgan fingerprint density at radius 2 is 1.54 bits per heavy atom. The van der Waals surface area contributed by atoms with Crippen molar-refractivity contribution < 1.29 is 14.6 Å². The molecule has 1 rings (SSSR count). The minimum atomic E-state index is -0.0331. The second-order valence-electron chi connectivity index (χ2n) is 2.27. The van der Waals surface area contributed by atoms with E-state index in [1.807, 2.05) is 0 Å². The minimum absolute atomic E-state index is 0. The summed E-state index contributed by atoms with van der Waals surface area (Å²) in [5.41, 5.74) is 6.00. The molecule has 0 fully saturated rings. The second kappa shape index (κ2) is 4.67. The van der Waals surface area contributed by atoms with Gasteiger partial charge in [-0.15, -0.1) is 12.4 Å². The van der Waals surface area contributed by atoms with Gasteiger partial charge < -0.3 is 20.3 Å². The number of aromatic hydroxyl groups is 1. The first-order valence-electron chi connectivity index (χ1n) is 3.39.